The molecule has 0 aromatic carbocycles. The van der Waals surface area contributed by atoms with Crippen LogP contribution in [0.1, 0.15) is 20.8 Å². The Kier molecular flexibility index (Phi) is 6.90. The molecule has 0 spiro atoms. The van der Waals surface area contributed by atoms with E-state index in [2.05, 4.69) is 27.4 Å². The van der Waals surface area contributed by atoms with Gasteiger partial charge in [0.25, 0.3) is 0 Å². The van der Waals surface area contributed by atoms with Crippen LogP contribution in [0.2, 0.25) is 0 Å². The first kappa shape index (κ1) is 15.0. The molecule has 13 heavy (non-hydrogen) atoms. The summed E-state index contributed by atoms with van der Waals surface area (Å²) in [6.07, 6.45) is 1.17. The molecular weight excluding hydrogens is 190 g/mol. The van der Waals surface area contributed by atoms with Crippen molar-refractivity contribution >= 4 is 5.97 Å². The number of quaternary nitrogens is 1. The molecule has 1 atom stereocenters. The van der Waals surface area contributed by atoms with E-state index in [1.165, 1.54) is 6.08 Å². The fourth-order valence-corrected chi connectivity index (χ4v) is 0.996. The molecule has 0 aliphatic rings. The number of rotatable bonds is 3. The zero-order chi connectivity index (χ0) is 9.78. The minimum Gasteiger partial charge on any atom is -1.00 e. The number of hydrogen-bond donors (Lipinski definition) is 1. The molecule has 1 unspecified atom stereocenters. The minimum absolute atomic E-state index is 0. The van der Waals surface area contributed by atoms with E-state index >= 15 is 0 Å². The molecule has 0 fully saturated rings. The van der Waals surface area contributed by atoms with Crippen molar-refractivity contribution in [3.05, 3.63) is 12.7 Å². The topological polar surface area (TPSA) is 30.7 Å². The van der Waals surface area contributed by atoms with Crippen molar-refractivity contribution in [2.75, 3.05) is 13.6 Å². The van der Waals surface area contributed by atoms with Crippen molar-refractivity contribution in [1.29, 1.82) is 0 Å². The summed E-state index contributed by atoms with van der Waals surface area (Å²) in [5.74, 6) is -0.378. The van der Waals surface area contributed by atoms with Crippen molar-refractivity contribution in [2.45, 2.75) is 20.8 Å². The highest BCUT2D eigenvalue weighted by molar-refractivity contribution is 5.80. The van der Waals surface area contributed by atoms with Crippen molar-refractivity contribution in [2.24, 2.45) is 5.41 Å². The predicted molar refractivity (Wildman–Crippen MR) is 47.5 cm³/mol. The molecule has 0 aromatic rings. The zero-order valence-corrected chi connectivity index (χ0v) is 9.44. The Morgan fingerprint density at radius 3 is 2.31 bits per heavy atom. The number of carbonyl (C=O) groups excluding carboxylic acids is 1. The molecule has 0 aromatic heterocycles. The Bertz CT molecular complexity index is 175. The number of hydrogen-bond acceptors (Lipinski definition) is 2. The quantitative estimate of drug-likeness (QED) is 0.400. The molecular formula is C9H18ClNO2. The monoisotopic (exact) mass is 207 g/mol. The molecule has 4 heteroatoms. The normalized spacial score (nSPS) is 12.6. The van der Waals surface area contributed by atoms with E-state index in [0.717, 1.165) is 11.6 Å². The number of nitrogens with one attached hydrogen (secondary N) is 1. The molecule has 0 radical (unpaired) electrons. The van der Waals surface area contributed by atoms with Gasteiger partial charge in [-0.2, -0.15) is 0 Å². The maximum atomic E-state index is 10.7. The first-order valence-electron chi connectivity index (χ1n) is 4.02. The number of hydroxylamine groups is 2. The lowest BCUT2D eigenvalue weighted by Crippen LogP contribution is -3.09. The van der Waals surface area contributed by atoms with Crippen molar-refractivity contribution in [1.82, 2.24) is 0 Å². The van der Waals surface area contributed by atoms with Crippen LogP contribution in [-0.2, 0) is 9.63 Å². The molecule has 78 valence electrons. The van der Waals surface area contributed by atoms with E-state index in [1.807, 2.05) is 7.05 Å². The van der Waals surface area contributed by atoms with Crippen LogP contribution in [0.4, 0.5) is 0 Å². The minimum atomic E-state index is -0.378. The third-order valence-corrected chi connectivity index (χ3v) is 1.22. The van der Waals surface area contributed by atoms with E-state index in [0.29, 0.717) is 0 Å². The van der Waals surface area contributed by atoms with Gasteiger partial charge in [-0.15, -0.1) is 5.06 Å². The molecule has 0 saturated heterocycles. The van der Waals surface area contributed by atoms with Crippen LogP contribution in [0.15, 0.2) is 12.7 Å². The summed E-state index contributed by atoms with van der Waals surface area (Å²) in [7, 11) is 1.81. The second-order valence-electron chi connectivity index (χ2n) is 4.06. The summed E-state index contributed by atoms with van der Waals surface area (Å²) in [5, 5.41) is 0.743. The first-order chi connectivity index (χ1) is 5.35. The van der Waals surface area contributed by atoms with Gasteiger partial charge in [0.2, 0.25) is 0 Å². The summed E-state index contributed by atoms with van der Waals surface area (Å²) in [4.78, 5) is 15.7. The van der Waals surface area contributed by atoms with Gasteiger partial charge in [-0.25, -0.2) is 4.79 Å². The Morgan fingerprint density at radius 1 is 1.54 bits per heavy atom. The Balaban J connectivity index is 0. The molecule has 0 aliphatic carbocycles. The molecule has 0 saturated carbocycles. The Hall–Kier alpha value is -0.540. The van der Waals surface area contributed by atoms with E-state index < -0.39 is 0 Å². The molecule has 0 rings (SSSR count). The summed E-state index contributed by atoms with van der Waals surface area (Å²) in [6.45, 7) is 10.4. The van der Waals surface area contributed by atoms with E-state index in [9.17, 15) is 4.79 Å². The smallest absolute Gasteiger partial charge is 0.389 e. The van der Waals surface area contributed by atoms with Crippen LogP contribution < -0.4 is 17.5 Å². The summed E-state index contributed by atoms with van der Waals surface area (Å²) >= 11 is 0. The second kappa shape index (κ2) is 6.00. The van der Waals surface area contributed by atoms with E-state index in [-0.39, 0.29) is 23.8 Å². The van der Waals surface area contributed by atoms with Gasteiger partial charge >= 0.3 is 5.97 Å². The molecule has 0 heterocycles. The molecule has 0 amide bonds. The van der Waals surface area contributed by atoms with Crippen LogP contribution in [0, 0.1) is 5.41 Å². The number of carbonyl (C=O) groups is 1. The largest absolute Gasteiger partial charge is 1.00 e. The Labute approximate surface area is 86.1 Å². The lowest BCUT2D eigenvalue weighted by Gasteiger charge is -2.20. The first-order valence-corrected chi connectivity index (χ1v) is 4.02. The van der Waals surface area contributed by atoms with Crippen molar-refractivity contribution in [3.8, 4) is 0 Å². The van der Waals surface area contributed by atoms with E-state index in [1.54, 1.807) is 0 Å². The third-order valence-electron chi connectivity index (χ3n) is 1.22. The molecule has 0 bridgehead atoms. The van der Waals surface area contributed by atoms with Crippen LogP contribution in [0.3, 0.4) is 0 Å². The fraction of sp³-hybridized carbons (Fsp3) is 0.667. The fourth-order valence-electron chi connectivity index (χ4n) is 0.996. The van der Waals surface area contributed by atoms with Crippen LogP contribution in [-0.4, -0.2) is 19.6 Å². The SMILES string of the molecule is C=CC(=O)O[NH+](C)CC(C)(C)C.[Cl-]. The Morgan fingerprint density at radius 2 is 2.00 bits per heavy atom. The highest BCUT2D eigenvalue weighted by Gasteiger charge is 2.19. The predicted octanol–water partition coefficient (Wildman–Crippen LogP) is -2.80. The van der Waals surface area contributed by atoms with Gasteiger partial charge in [0.15, 0.2) is 0 Å². The lowest BCUT2D eigenvalue weighted by atomic mass is 9.97. The van der Waals surface area contributed by atoms with Crippen LogP contribution >= 0.6 is 0 Å². The van der Waals surface area contributed by atoms with Crippen molar-refractivity contribution in [3.63, 3.8) is 0 Å². The average molecular weight is 208 g/mol. The van der Waals surface area contributed by atoms with Gasteiger partial charge in [-0.1, -0.05) is 27.4 Å². The van der Waals surface area contributed by atoms with Gasteiger partial charge in [0, 0.05) is 11.5 Å². The van der Waals surface area contributed by atoms with Gasteiger partial charge in [0.05, 0.1) is 0 Å². The standard InChI is InChI=1S/C9H17NO2.ClH/c1-6-8(11)12-10(5)7-9(2,3)4;/h6H,1,7H2,2-5H3;1H. The second-order valence-corrected chi connectivity index (χ2v) is 4.06. The highest BCUT2D eigenvalue weighted by atomic mass is 35.5. The third kappa shape index (κ3) is 9.37. The summed E-state index contributed by atoms with van der Waals surface area (Å²) in [5.41, 5.74) is 0.158. The van der Waals surface area contributed by atoms with Gasteiger partial charge < -0.3 is 12.4 Å². The van der Waals surface area contributed by atoms with Gasteiger partial charge in [0.1, 0.15) is 13.6 Å². The lowest BCUT2D eigenvalue weighted by molar-refractivity contribution is -1.06. The zero-order valence-electron chi connectivity index (χ0n) is 8.69. The number of halogens is 1. The molecule has 0 aliphatic heterocycles. The molecule has 1 N–H and O–H groups in total. The molecule has 3 nitrogen and oxygen atoms in total. The highest BCUT2D eigenvalue weighted by Crippen LogP contribution is 2.08. The van der Waals surface area contributed by atoms with E-state index in [4.69, 9.17) is 4.84 Å². The van der Waals surface area contributed by atoms with Crippen molar-refractivity contribution < 1.29 is 27.1 Å². The summed E-state index contributed by atoms with van der Waals surface area (Å²) in [6, 6.07) is 0. The van der Waals surface area contributed by atoms with Gasteiger partial charge in [-0.3, -0.25) is 4.84 Å². The summed E-state index contributed by atoms with van der Waals surface area (Å²) < 4.78 is 0. The van der Waals surface area contributed by atoms with Crippen LogP contribution in [0.25, 0.3) is 0 Å². The van der Waals surface area contributed by atoms with Crippen LogP contribution in [0.5, 0.6) is 0 Å². The maximum absolute atomic E-state index is 10.7. The van der Waals surface area contributed by atoms with Gasteiger partial charge in [-0.05, 0) is 0 Å². The average Bonchev–Trinajstić information content (AvgIpc) is 1.82. The maximum Gasteiger partial charge on any atom is 0.389 e.